The third kappa shape index (κ3) is 4.59. The van der Waals surface area contributed by atoms with Crippen LogP contribution in [0.1, 0.15) is 32.3 Å². The van der Waals surface area contributed by atoms with Crippen LogP contribution in [0.2, 0.25) is 0 Å². The molecule has 6 nitrogen and oxygen atoms in total. The highest BCUT2D eigenvalue weighted by molar-refractivity contribution is 5.80. The lowest BCUT2D eigenvalue weighted by molar-refractivity contribution is 0.272. The molecule has 112 valence electrons. The number of unbranched alkanes of at least 4 members (excludes halogenated alkanes) is 1. The third-order valence-electron chi connectivity index (χ3n) is 2.77. The van der Waals surface area contributed by atoms with E-state index in [2.05, 4.69) is 22.2 Å². The summed E-state index contributed by atoms with van der Waals surface area (Å²) in [6.07, 6.45) is 6.92. The minimum absolute atomic E-state index is 0.593. The van der Waals surface area contributed by atoms with E-state index in [9.17, 15) is 0 Å². The molecule has 0 fully saturated rings. The third-order valence-corrected chi connectivity index (χ3v) is 2.77. The smallest absolute Gasteiger partial charge is 0.161 e. The number of nitrogens with zero attached hydrogens (tertiary/aromatic N) is 4. The quantitative estimate of drug-likeness (QED) is 0.553. The fourth-order valence-corrected chi connectivity index (χ4v) is 1.71. The Hall–Kier alpha value is -2.37. The van der Waals surface area contributed by atoms with E-state index in [1.54, 1.807) is 6.21 Å². The molecule has 6 heteroatoms. The van der Waals surface area contributed by atoms with Crippen molar-refractivity contribution >= 4 is 6.21 Å². The van der Waals surface area contributed by atoms with E-state index in [0.29, 0.717) is 13.2 Å². The molecule has 2 aromatic rings. The number of hydrogen-bond donors (Lipinski definition) is 0. The SMILES string of the molecule is CCCCOc1ccc(/C=N/n2cnnc2)cc1OCC. The van der Waals surface area contributed by atoms with Crippen molar-refractivity contribution in [2.75, 3.05) is 13.2 Å². The van der Waals surface area contributed by atoms with Crippen LogP contribution >= 0.6 is 0 Å². The lowest BCUT2D eigenvalue weighted by atomic mass is 10.2. The lowest BCUT2D eigenvalue weighted by Crippen LogP contribution is -2.01. The van der Waals surface area contributed by atoms with Crippen LogP contribution in [-0.4, -0.2) is 34.3 Å². The normalized spacial score (nSPS) is 11.0. The molecule has 0 aliphatic carbocycles. The highest BCUT2D eigenvalue weighted by atomic mass is 16.5. The van der Waals surface area contributed by atoms with Crippen LogP contribution in [0.25, 0.3) is 0 Å². The van der Waals surface area contributed by atoms with Crippen molar-refractivity contribution in [3.8, 4) is 11.5 Å². The molecule has 0 radical (unpaired) electrons. The molecular weight excluding hydrogens is 268 g/mol. The Labute approximate surface area is 124 Å². The number of rotatable bonds is 8. The summed E-state index contributed by atoms with van der Waals surface area (Å²) >= 11 is 0. The van der Waals surface area contributed by atoms with Gasteiger partial charge in [0.05, 0.1) is 19.4 Å². The second-order valence-electron chi connectivity index (χ2n) is 4.43. The number of hydrogen-bond acceptors (Lipinski definition) is 5. The molecule has 1 aromatic heterocycles. The van der Waals surface area contributed by atoms with Gasteiger partial charge in [0, 0.05) is 0 Å². The van der Waals surface area contributed by atoms with Crippen LogP contribution in [0.15, 0.2) is 36.0 Å². The Bertz CT molecular complexity index is 567. The molecule has 0 spiro atoms. The molecule has 0 bridgehead atoms. The molecule has 0 N–H and O–H groups in total. The Morgan fingerprint density at radius 2 is 1.95 bits per heavy atom. The van der Waals surface area contributed by atoms with Crippen molar-refractivity contribution in [3.05, 3.63) is 36.4 Å². The summed E-state index contributed by atoms with van der Waals surface area (Å²) in [7, 11) is 0. The van der Waals surface area contributed by atoms with Crippen LogP contribution in [-0.2, 0) is 0 Å². The van der Waals surface area contributed by atoms with Gasteiger partial charge in [-0.25, -0.2) is 4.68 Å². The van der Waals surface area contributed by atoms with Gasteiger partial charge in [-0.2, -0.15) is 5.10 Å². The second-order valence-corrected chi connectivity index (χ2v) is 4.43. The van der Waals surface area contributed by atoms with Crippen molar-refractivity contribution in [3.63, 3.8) is 0 Å². The highest BCUT2D eigenvalue weighted by Gasteiger charge is 2.05. The molecule has 2 rings (SSSR count). The summed E-state index contributed by atoms with van der Waals surface area (Å²) in [6, 6.07) is 5.77. The van der Waals surface area contributed by atoms with Crippen molar-refractivity contribution in [1.82, 2.24) is 14.9 Å². The van der Waals surface area contributed by atoms with Gasteiger partial charge in [0.2, 0.25) is 0 Å². The zero-order valence-corrected chi connectivity index (χ0v) is 12.4. The second kappa shape index (κ2) is 8.04. The van der Waals surface area contributed by atoms with Gasteiger partial charge in [-0.3, -0.25) is 0 Å². The van der Waals surface area contributed by atoms with Crippen LogP contribution in [0.5, 0.6) is 11.5 Å². The van der Waals surface area contributed by atoms with Crippen LogP contribution < -0.4 is 9.47 Å². The summed E-state index contributed by atoms with van der Waals surface area (Å²) in [5.74, 6) is 1.51. The summed E-state index contributed by atoms with van der Waals surface area (Å²) < 4.78 is 12.9. The van der Waals surface area contributed by atoms with E-state index < -0.39 is 0 Å². The summed E-state index contributed by atoms with van der Waals surface area (Å²) in [4.78, 5) is 0. The van der Waals surface area contributed by atoms with Crippen molar-refractivity contribution < 1.29 is 9.47 Å². The summed E-state index contributed by atoms with van der Waals surface area (Å²) in [6.45, 7) is 5.38. The fraction of sp³-hybridized carbons (Fsp3) is 0.400. The van der Waals surface area contributed by atoms with E-state index in [1.165, 1.54) is 17.3 Å². The van der Waals surface area contributed by atoms with E-state index in [1.807, 2.05) is 25.1 Å². The zero-order chi connectivity index (χ0) is 14.9. The van der Waals surface area contributed by atoms with Gasteiger partial charge in [0.25, 0.3) is 0 Å². The number of ether oxygens (including phenoxy) is 2. The van der Waals surface area contributed by atoms with Gasteiger partial charge in [-0.1, -0.05) is 13.3 Å². The first-order valence-electron chi connectivity index (χ1n) is 7.12. The Kier molecular flexibility index (Phi) is 5.75. The monoisotopic (exact) mass is 288 g/mol. The minimum atomic E-state index is 0.593. The van der Waals surface area contributed by atoms with Crippen LogP contribution in [0, 0.1) is 0 Å². The molecule has 0 atom stereocenters. The van der Waals surface area contributed by atoms with Gasteiger partial charge in [0.15, 0.2) is 11.5 Å². The highest BCUT2D eigenvalue weighted by Crippen LogP contribution is 2.28. The lowest BCUT2D eigenvalue weighted by Gasteiger charge is -2.12. The maximum atomic E-state index is 5.74. The first-order chi connectivity index (χ1) is 10.3. The predicted molar refractivity (Wildman–Crippen MR) is 81.0 cm³/mol. The molecular formula is C15H20N4O2. The molecule has 0 aliphatic rings. The van der Waals surface area contributed by atoms with Crippen molar-refractivity contribution in [2.24, 2.45) is 5.10 Å². The topological polar surface area (TPSA) is 61.5 Å². The molecule has 0 amide bonds. The van der Waals surface area contributed by atoms with Gasteiger partial charge >= 0.3 is 0 Å². The van der Waals surface area contributed by atoms with Gasteiger partial charge in [-0.05, 0) is 37.1 Å². The minimum Gasteiger partial charge on any atom is -0.490 e. The Morgan fingerprint density at radius 3 is 2.67 bits per heavy atom. The fourth-order valence-electron chi connectivity index (χ4n) is 1.71. The molecule has 0 unspecified atom stereocenters. The van der Waals surface area contributed by atoms with E-state index >= 15 is 0 Å². The van der Waals surface area contributed by atoms with Crippen molar-refractivity contribution in [2.45, 2.75) is 26.7 Å². The standard InChI is InChI=1S/C15H20N4O2/c1-3-5-8-21-14-7-6-13(9-15(14)20-4-2)10-18-19-11-16-17-12-19/h6-7,9-12H,3-5,8H2,1-2H3/b18-10+. The molecule has 1 aromatic carbocycles. The van der Waals surface area contributed by atoms with E-state index in [4.69, 9.17) is 9.47 Å². The molecule has 1 heterocycles. The molecule has 21 heavy (non-hydrogen) atoms. The van der Waals surface area contributed by atoms with E-state index in [-0.39, 0.29) is 0 Å². The first kappa shape index (κ1) is 15.0. The Balaban J connectivity index is 2.11. The summed E-state index contributed by atoms with van der Waals surface area (Å²) in [5, 5.41) is 11.6. The average molecular weight is 288 g/mol. The number of benzene rings is 1. The van der Waals surface area contributed by atoms with Gasteiger partial charge in [-0.15, -0.1) is 10.2 Å². The van der Waals surface area contributed by atoms with Gasteiger partial charge in [0.1, 0.15) is 12.7 Å². The van der Waals surface area contributed by atoms with E-state index in [0.717, 1.165) is 29.9 Å². The maximum absolute atomic E-state index is 5.74. The average Bonchev–Trinajstić information content (AvgIpc) is 3.01. The Morgan fingerprint density at radius 1 is 1.14 bits per heavy atom. The molecule has 0 saturated carbocycles. The zero-order valence-electron chi connectivity index (χ0n) is 12.4. The molecule has 0 aliphatic heterocycles. The largest absolute Gasteiger partial charge is 0.490 e. The number of aromatic nitrogens is 3. The van der Waals surface area contributed by atoms with Crippen LogP contribution in [0.4, 0.5) is 0 Å². The van der Waals surface area contributed by atoms with Crippen molar-refractivity contribution in [1.29, 1.82) is 0 Å². The van der Waals surface area contributed by atoms with Crippen LogP contribution in [0.3, 0.4) is 0 Å². The maximum Gasteiger partial charge on any atom is 0.161 e. The predicted octanol–water partition coefficient (Wildman–Crippen LogP) is 2.74. The summed E-state index contributed by atoms with van der Waals surface area (Å²) in [5.41, 5.74) is 0.926. The molecule has 0 saturated heterocycles. The van der Waals surface area contributed by atoms with Gasteiger partial charge < -0.3 is 9.47 Å². The first-order valence-corrected chi connectivity index (χ1v) is 7.12.